The SMILES string of the molecule is C=CC(=O)Cc1cccc(-c2csc3cnc(Nc4ccc(N5CCN(C)CC5)cc4OC)nc23)c1. The number of aromatic nitrogens is 2. The number of hydrogen-bond donors (Lipinski definition) is 1. The molecule has 0 radical (unpaired) electrons. The zero-order valence-corrected chi connectivity index (χ0v) is 21.3. The van der Waals surface area contributed by atoms with Crippen molar-refractivity contribution in [3.8, 4) is 16.9 Å². The minimum Gasteiger partial charge on any atom is -0.494 e. The summed E-state index contributed by atoms with van der Waals surface area (Å²) < 4.78 is 6.70. The number of ether oxygens (including phenoxy) is 1. The van der Waals surface area contributed by atoms with Crippen molar-refractivity contribution >= 4 is 44.7 Å². The lowest BCUT2D eigenvalue weighted by atomic mass is 10.0. The van der Waals surface area contributed by atoms with E-state index in [0.29, 0.717) is 12.4 Å². The Hall–Kier alpha value is -3.75. The highest BCUT2D eigenvalue weighted by atomic mass is 32.1. The maximum atomic E-state index is 11.8. The normalized spacial score (nSPS) is 14.1. The molecule has 2 aromatic carbocycles. The van der Waals surface area contributed by atoms with Crippen molar-refractivity contribution in [1.82, 2.24) is 14.9 Å². The van der Waals surface area contributed by atoms with Gasteiger partial charge in [-0.1, -0.05) is 30.8 Å². The zero-order valence-electron chi connectivity index (χ0n) is 20.5. The topological polar surface area (TPSA) is 70.6 Å². The lowest BCUT2D eigenvalue weighted by Crippen LogP contribution is -2.44. The van der Waals surface area contributed by atoms with Crippen LogP contribution in [0.25, 0.3) is 21.3 Å². The number of allylic oxidation sites excluding steroid dienone is 1. The van der Waals surface area contributed by atoms with E-state index in [9.17, 15) is 4.79 Å². The summed E-state index contributed by atoms with van der Waals surface area (Å²) in [5.41, 5.74) is 5.83. The number of carbonyl (C=O) groups excluding carboxylic acids is 1. The van der Waals surface area contributed by atoms with Crippen LogP contribution >= 0.6 is 11.3 Å². The van der Waals surface area contributed by atoms with Gasteiger partial charge in [0, 0.05) is 55.3 Å². The molecular weight excluding hydrogens is 470 g/mol. The minimum absolute atomic E-state index is 0.00345. The molecule has 36 heavy (non-hydrogen) atoms. The first kappa shape index (κ1) is 24.0. The van der Waals surface area contributed by atoms with Crippen molar-refractivity contribution < 1.29 is 9.53 Å². The van der Waals surface area contributed by atoms with Crippen LogP contribution in [0.1, 0.15) is 5.56 Å². The van der Waals surface area contributed by atoms with Gasteiger partial charge < -0.3 is 19.9 Å². The number of piperazine rings is 1. The van der Waals surface area contributed by atoms with Crippen molar-refractivity contribution in [1.29, 1.82) is 0 Å². The van der Waals surface area contributed by atoms with Crippen molar-refractivity contribution in [2.75, 3.05) is 50.6 Å². The predicted octanol–water partition coefficient (Wildman–Crippen LogP) is 5.16. The van der Waals surface area contributed by atoms with Gasteiger partial charge in [-0.05, 0) is 36.4 Å². The third-order valence-electron chi connectivity index (χ3n) is 6.46. The van der Waals surface area contributed by atoms with E-state index in [1.54, 1.807) is 18.4 Å². The Kier molecular flexibility index (Phi) is 6.97. The first-order valence-corrected chi connectivity index (χ1v) is 12.8. The molecule has 0 unspecified atom stereocenters. The monoisotopic (exact) mass is 499 g/mol. The molecule has 0 saturated carbocycles. The highest BCUT2D eigenvalue weighted by Crippen LogP contribution is 2.35. The Balaban J connectivity index is 1.41. The van der Waals surface area contributed by atoms with Gasteiger partial charge >= 0.3 is 0 Å². The lowest BCUT2D eigenvalue weighted by Gasteiger charge is -2.34. The minimum atomic E-state index is 0.00345. The standard InChI is InChI=1S/C28H29N5O2S/c1-4-22(34)15-19-6-5-7-20(14-19)23-18-36-26-17-29-28(31-27(23)26)30-24-9-8-21(16-25(24)35-3)33-12-10-32(2)11-13-33/h4-9,14,16-18H,1,10-13,15H2,2-3H3,(H,29,30,31). The maximum Gasteiger partial charge on any atom is 0.227 e. The summed E-state index contributed by atoms with van der Waals surface area (Å²) in [6.07, 6.45) is 3.55. The molecule has 1 fully saturated rings. The summed E-state index contributed by atoms with van der Waals surface area (Å²) in [5.74, 6) is 1.26. The van der Waals surface area contributed by atoms with Gasteiger partial charge in [0.1, 0.15) is 5.75 Å². The molecule has 0 bridgehead atoms. The average Bonchev–Trinajstić information content (AvgIpc) is 3.33. The van der Waals surface area contributed by atoms with Crippen molar-refractivity contribution in [2.24, 2.45) is 0 Å². The van der Waals surface area contributed by atoms with Gasteiger partial charge in [0.15, 0.2) is 5.78 Å². The van der Waals surface area contributed by atoms with Gasteiger partial charge in [0.2, 0.25) is 5.95 Å². The molecule has 3 heterocycles. The number of nitrogens with one attached hydrogen (secondary N) is 1. The number of likely N-dealkylation sites (N-methyl/N-ethyl adjacent to an activating group) is 1. The second kappa shape index (κ2) is 10.5. The Bertz CT molecular complexity index is 1410. The molecule has 0 atom stereocenters. The fourth-order valence-corrected chi connectivity index (χ4v) is 5.25. The van der Waals surface area contributed by atoms with E-state index in [-0.39, 0.29) is 5.78 Å². The third-order valence-corrected chi connectivity index (χ3v) is 7.36. The Morgan fingerprint density at radius 3 is 2.81 bits per heavy atom. The van der Waals surface area contributed by atoms with E-state index in [0.717, 1.165) is 70.2 Å². The van der Waals surface area contributed by atoms with Crippen molar-refractivity contribution in [3.05, 3.63) is 72.3 Å². The van der Waals surface area contributed by atoms with Gasteiger partial charge in [0.05, 0.1) is 29.2 Å². The molecular formula is C28H29N5O2S. The van der Waals surface area contributed by atoms with Gasteiger partial charge in [0.25, 0.3) is 0 Å². The van der Waals surface area contributed by atoms with Crippen molar-refractivity contribution in [2.45, 2.75) is 6.42 Å². The summed E-state index contributed by atoms with van der Waals surface area (Å²) in [7, 11) is 3.83. The van der Waals surface area contributed by atoms with Crippen LogP contribution in [-0.4, -0.2) is 61.0 Å². The molecule has 1 aliphatic heterocycles. The first-order chi connectivity index (χ1) is 17.5. The summed E-state index contributed by atoms with van der Waals surface area (Å²) >= 11 is 1.60. The second-order valence-electron chi connectivity index (χ2n) is 8.90. The summed E-state index contributed by atoms with van der Waals surface area (Å²) in [4.78, 5) is 25.9. The number of fused-ring (bicyclic) bond motifs is 1. The van der Waals surface area contributed by atoms with Crippen LogP contribution in [0.3, 0.4) is 0 Å². The molecule has 184 valence electrons. The third kappa shape index (κ3) is 5.10. The second-order valence-corrected chi connectivity index (χ2v) is 9.81. The summed E-state index contributed by atoms with van der Waals surface area (Å²) in [5, 5.41) is 5.43. The van der Waals surface area contributed by atoms with Gasteiger partial charge in [-0.15, -0.1) is 11.3 Å². The van der Waals surface area contributed by atoms with Gasteiger partial charge in [-0.2, -0.15) is 0 Å². The molecule has 5 rings (SSSR count). The first-order valence-electron chi connectivity index (χ1n) is 11.9. The highest BCUT2D eigenvalue weighted by molar-refractivity contribution is 7.17. The van der Waals surface area contributed by atoms with E-state index in [2.05, 4.69) is 51.2 Å². The van der Waals surface area contributed by atoms with E-state index in [1.165, 1.54) is 6.08 Å². The fourth-order valence-electron chi connectivity index (χ4n) is 4.38. The number of nitrogens with zero attached hydrogens (tertiary/aromatic N) is 4. The number of hydrogen-bond acceptors (Lipinski definition) is 8. The molecule has 0 spiro atoms. The molecule has 0 amide bonds. The molecule has 8 heteroatoms. The molecule has 1 N–H and O–H groups in total. The lowest BCUT2D eigenvalue weighted by molar-refractivity contribution is -0.114. The number of anilines is 3. The number of carbonyl (C=O) groups is 1. The van der Waals surface area contributed by atoms with Crippen LogP contribution in [-0.2, 0) is 11.2 Å². The molecule has 0 aliphatic carbocycles. The molecule has 2 aromatic heterocycles. The number of thiophene rings is 1. The summed E-state index contributed by atoms with van der Waals surface area (Å²) in [6, 6.07) is 14.2. The van der Waals surface area contributed by atoms with Crippen LogP contribution in [0.5, 0.6) is 5.75 Å². The van der Waals surface area contributed by atoms with Crippen LogP contribution in [0.2, 0.25) is 0 Å². The number of benzene rings is 2. The van der Waals surface area contributed by atoms with E-state index >= 15 is 0 Å². The van der Waals surface area contributed by atoms with Gasteiger partial charge in [-0.3, -0.25) is 4.79 Å². The van der Waals surface area contributed by atoms with E-state index in [4.69, 9.17) is 9.72 Å². The van der Waals surface area contributed by atoms with E-state index < -0.39 is 0 Å². The van der Waals surface area contributed by atoms with Crippen LogP contribution in [0.4, 0.5) is 17.3 Å². The molecule has 4 aromatic rings. The molecule has 1 aliphatic rings. The quantitative estimate of drug-likeness (QED) is 0.336. The number of methoxy groups -OCH3 is 1. The fraction of sp³-hybridized carbons (Fsp3) is 0.250. The largest absolute Gasteiger partial charge is 0.494 e. The molecule has 1 saturated heterocycles. The number of rotatable bonds is 8. The van der Waals surface area contributed by atoms with Crippen LogP contribution in [0, 0.1) is 0 Å². The Morgan fingerprint density at radius 2 is 2.03 bits per heavy atom. The molecule has 7 nitrogen and oxygen atoms in total. The smallest absolute Gasteiger partial charge is 0.227 e. The predicted molar refractivity (Wildman–Crippen MR) is 148 cm³/mol. The van der Waals surface area contributed by atoms with Crippen molar-refractivity contribution in [3.63, 3.8) is 0 Å². The number of ketones is 1. The highest BCUT2D eigenvalue weighted by Gasteiger charge is 2.17. The maximum absolute atomic E-state index is 11.8. The van der Waals surface area contributed by atoms with E-state index in [1.807, 2.05) is 36.5 Å². The Labute approximate surface area is 215 Å². The zero-order chi connectivity index (χ0) is 25.1. The average molecular weight is 500 g/mol. The summed E-state index contributed by atoms with van der Waals surface area (Å²) in [6.45, 7) is 7.66. The Morgan fingerprint density at radius 1 is 1.19 bits per heavy atom. The van der Waals surface area contributed by atoms with Crippen LogP contribution in [0.15, 0.2) is 66.7 Å². The van der Waals surface area contributed by atoms with Crippen LogP contribution < -0.4 is 15.0 Å². The van der Waals surface area contributed by atoms with Gasteiger partial charge in [-0.25, -0.2) is 9.97 Å².